The molecule has 100 valence electrons. The molecule has 1 rings (SSSR count). The Morgan fingerprint density at radius 1 is 1.17 bits per heavy atom. The molecule has 0 atom stereocenters. The summed E-state index contributed by atoms with van der Waals surface area (Å²) in [6.45, 7) is -1.44. The standard InChI is InChI=1S/C12H12F4O2/c13-10-5-3-9(4-6-10)11(17)2-1-7-18-8-12(14,15)16/h3-6H,1-2,7-8H2. The lowest BCUT2D eigenvalue weighted by Gasteiger charge is -2.07. The predicted octanol–water partition coefficient (Wildman–Crippen LogP) is 3.37. The minimum atomic E-state index is -4.35. The van der Waals surface area contributed by atoms with E-state index in [1.807, 2.05) is 0 Å². The van der Waals surface area contributed by atoms with Gasteiger partial charge in [-0.05, 0) is 30.7 Å². The molecule has 18 heavy (non-hydrogen) atoms. The highest BCUT2D eigenvalue weighted by Gasteiger charge is 2.27. The molecule has 0 aliphatic carbocycles. The van der Waals surface area contributed by atoms with Crippen LogP contribution in [0.4, 0.5) is 17.6 Å². The molecule has 6 heteroatoms. The van der Waals surface area contributed by atoms with Crippen LogP contribution in [-0.2, 0) is 4.74 Å². The van der Waals surface area contributed by atoms with Gasteiger partial charge in [0.15, 0.2) is 5.78 Å². The number of carbonyl (C=O) groups is 1. The Balaban J connectivity index is 2.24. The number of hydrogen-bond acceptors (Lipinski definition) is 2. The van der Waals surface area contributed by atoms with E-state index in [1.54, 1.807) is 0 Å². The van der Waals surface area contributed by atoms with Crippen LogP contribution in [0.3, 0.4) is 0 Å². The van der Waals surface area contributed by atoms with E-state index in [1.165, 1.54) is 12.1 Å². The van der Waals surface area contributed by atoms with E-state index in [-0.39, 0.29) is 25.2 Å². The van der Waals surface area contributed by atoms with E-state index in [0.29, 0.717) is 5.56 Å². The molecule has 1 aromatic carbocycles. The number of Topliss-reactive ketones (excluding diaryl/α,β-unsaturated/α-hetero) is 1. The normalized spacial score (nSPS) is 11.6. The van der Waals surface area contributed by atoms with Crippen LogP contribution >= 0.6 is 0 Å². The van der Waals surface area contributed by atoms with Crippen molar-refractivity contribution in [1.29, 1.82) is 0 Å². The summed E-state index contributed by atoms with van der Waals surface area (Å²) >= 11 is 0. The predicted molar refractivity (Wildman–Crippen MR) is 56.8 cm³/mol. The van der Waals surface area contributed by atoms with Crippen molar-refractivity contribution >= 4 is 5.78 Å². The van der Waals surface area contributed by atoms with Crippen molar-refractivity contribution in [2.24, 2.45) is 0 Å². The summed E-state index contributed by atoms with van der Waals surface area (Å²) in [5.41, 5.74) is 0.340. The average Bonchev–Trinajstić information content (AvgIpc) is 2.27. The highest BCUT2D eigenvalue weighted by atomic mass is 19.4. The molecule has 2 nitrogen and oxygen atoms in total. The maximum atomic E-state index is 12.6. The van der Waals surface area contributed by atoms with Gasteiger partial charge in [0.05, 0.1) is 0 Å². The van der Waals surface area contributed by atoms with E-state index < -0.39 is 18.6 Å². The van der Waals surface area contributed by atoms with Gasteiger partial charge in [0.1, 0.15) is 12.4 Å². The van der Waals surface area contributed by atoms with Crippen LogP contribution in [0.25, 0.3) is 0 Å². The van der Waals surface area contributed by atoms with Crippen LogP contribution in [0, 0.1) is 5.82 Å². The SMILES string of the molecule is O=C(CCCOCC(F)(F)F)c1ccc(F)cc1. The lowest BCUT2D eigenvalue weighted by Crippen LogP contribution is -2.17. The Bertz CT molecular complexity index is 384. The topological polar surface area (TPSA) is 26.3 Å². The van der Waals surface area contributed by atoms with Crippen LogP contribution in [-0.4, -0.2) is 25.2 Å². The number of benzene rings is 1. The summed E-state index contributed by atoms with van der Waals surface area (Å²) in [4.78, 5) is 11.5. The van der Waals surface area contributed by atoms with Crippen molar-refractivity contribution in [2.75, 3.05) is 13.2 Å². The first-order valence-electron chi connectivity index (χ1n) is 5.32. The second-order valence-corrected chi connectivity index (χ2v) is 3.70. The summed E-state index contributed by atoms with van der Waals surface area (Å²) in [5, 5.41) is 0. The molecule has 0 bridgehead atoms. The number of carbonyl (C=O) groups excluding carboxylic acids is 1. The maximum absolute atomic E-state index is 12.6. The average molecular weight is 264 g/mol. The third kappa shape index (κ3) is 5.77. The zero-order chi connectivity index (χ0) is 13.6. The van der Waals surface area contributed by atoms with Crippen molar-refractivity contribution in [3.05, 3.63) is 35.6 Å². The lowest BCUT2D eigenvalue weighted by molar-refractivity contribution is -0.173. The van der Waals surface area contributed by atoms with Gasteiger partial charge in [-0.15, -0.1) is 0 Å². The van der Waals surface area contributed by atoms with E-state index >= 15 is 0 Å². The number of ketones is 1. The van der Waals surface area contributed by atoms with Crippen molar-refractivity contribution in [3.63, 3.8) is 0 Å². The minimum Gasteiger partial charge on any atom is -0.372 e. The van der Waals surface area contributed by atoms with E-state index in [0.717, 1.165) is 12.1 Å². The van der Waals surface area contributed by atoms with Gasteiger partial charge >= 0.3 is 6.18 Å². The zero-order valence-corrected chi connectivity index (χ0v) is 9.47. The molecule has 0 aliphatic rings. The smallest absolute Gasteiger partial charge is 0.372 e. The second kappa shape index (κ2) is 6.49. The number of hydrogen-bond donors (Lipinski definition) is 0. The minimum absolute atomic E-state index is 0.0729. The molecular weight excluding hydrogens is 252 g/mol. The van der Waals surface area contributed by atoms with E-state index in [9.17, 15) is 22.4 Å². The van der Waals surface area contributed by atoms with E-state index in [2.05, 4.69) is 4.74 Å². The van der Waals surface area contributed by atoms with Gasteiger partial charge < -0.3 is 4.74 Å². The van der Waals surface area contributed by atoms with Gasteiger partial charge in [-0.1, -0.05) is 0 Å². The molecule has 0 amide bonds. The maximum Gasteiger partial charge on any atom is 0.411 e. The fourth-order valence-electron chi connectivity index (χ4n) is 1.30. The fraction of sp³-hybridized carbons (Fsp3) is 0.417. The molecule has 0 radical (unpaired) electrons. The lowest BCUT2D eigenvalue weighted by atomic mass is 10.1. The Labute approximate surface area is 102 Å². The van der Waals surface area contributed by atoms with Crippen LogP contribution in [0.1, 0.15) is 23.2 Å². The molecule has 1 aromatic rings. The number of alkyl halides is 3. The highest BCUT2D eigenvalue weighted by Crippen LogP contribution is 2.14. The highest BCUT2D eigenvalue weighted by molar-refractivity contribution is 5.95. The third-order valence-corrected chi connectivity index (χ3v) is 2.12. The Kier molecular flexibility index (Phi) is 5.27. The monoisotopic (exact) mass is 264 g/mol. The van der Waals surface area contributed by atoms with Crippen LogP contribution in [0.2, 0.25) is 0 Å². The van der Waals surface area contributed by atoms with Crippen molar-refractivity contribution < 1.29 is 27.1 Å². The first-order valence-corrected chi connectivity index (χ1v) is 5.32. The van der Waals surface area contributed by atoms with Gasteiger partial charge in [0, 0.05) is 18.6 Å². The molecule has 0 saturated carbocycles. The number of halogens is 4. The summed E-state index contributed by atoms with van der Waals surface area (Å²) in [5.74, 6) is -0.689. The zero-order valence-electron chi connectivity index (χ0n) is 9.47. The van der Waals surface area contributed by atoms with Crippen LogP contribution in [0.5, 0.6) is 0 Å². The van der Waals surface area contributed by atoms with Gasteiger partial charge in [-0.2, -0.15) is 13.2 Å². The molecule has 0 aromatic heterocycles. The third-order valence-electron chi connectivity index (χ3n) is 2.12. The molecule has 0 spiro atoms. The van der Waals surface area contributed by atoms with Gasteiger partial charge in [-0.3, -0.25) is 4.79 Å². The van der Waals surface area contributed by atoms with Crippen LogP contribution in [0.15, 0.2) is 24.3 Å². The van der Waals surface area contributed by atoms with Crippen molar-refractivity contribution in [3.8, 4) is 0 Å². The summed E-state index contributed by atoms with van der Waals surface area (Å²) < 4.78 is 52.1. The van der Waals surface area contributed by atoms with Gasteiger partial charge in [-0.25, -0.2) is 4.39 Å². The van der Waals surface area contributed by atoms with Gasteiger partial charge in [0.25, 0.3) is 0 Å². The Morgan fingerprint density at radius 2 is 1.78 bits per heavy atom. The van der Waals surface area contributed by atoms with Crippen molar-refractivity contribution in [2.45, 2.75) is 19.0 Å². The largest absolute Gasteiger partial charge is 0.411 e. The number of ether oxygens (including phenoxy) is 1. The molecular formula is C12H12F4O2. The summed E-state index contributed by atoms with van der Waals surface area (Å²) in [6.07, 6.45) is -4.07. The van der Waals surface area contributed by atoms with E-state index in [4.69, 9.17) is 0 Å². The molecule has 0 aliphatic heterocycles. The molecule has 0 saturated heterocycles. The summed E-state index contributed by atoms with van der Waals surface area (Å²) in [7, 11) is 0. The Morgan fingerprint density at radius 3 is 2.33 bits per heavy atom. The summed E-state index contributed by atoms with van der Waals surface area (Å²) in [6, 6.07) is 5.00. The Hall–Kier alpha value is -1.43. The fourth-order valence-corrected chi connectivity index (χ4v) is 1.30. The van der Waals surface area contributed by atoms with Crippen molar-refractivity contribution in [1.82, 2.24) is 0 Å². The number of rotatable bonds is 6. The first-order chi connectivity index (χ1) is 8.38. The van der Waals surface area contributed by atoms with Crippen LogP contribution < -0.4 is 0 Å². The quantitative estimate of drug-likeness (QED) is 0.447. The molecule has 0 fully saturated rings. The molecule has 0 N–H and O–H groups in total. The molecule has 0 unspecified atom stereocenters. The molecule has 0 heterocycles. The van der Waals surface area contributed by atoms with Gasteiger partial charge in [0.2, 0.25) is 0 Å². The first kappa shape index (κ1) is 14.6. The second-order valence-electron chi connectivity index (χ2n) is 3.70.